The largest absolute Gasteiger partial charge is 0.427 e. The van der Waals surface area contributed by atoms with Crippen molar-refractivity contribution in [2.24, 2.45) is 0 Å². The highest BCUT2D eigenvalue weighted by atomic mass is 16.5. The number of aliphatic hydroxyl groups is 1. The molecule has 0 aliphatic carbocycles. The van der Waals surface area contributed by atoms with Crippen LogP contribution in [0.5, 0.6) is 0 Å². The molecule has 0 bridgehead atoms. The van der Waals surface area contributed by atoms with Gasteiger partial charge in [-0.1, -0.05) is 96.5 Å². The molecule has 0 aliphatic heterocycles. The first-order valence-electron chi connectivity index (χ1n) is 12.7. The molecule has 0 amide bonds. The Morgan fingerprint density at radius 3 is 1.73 bits per heavy atom. The van der Waals surface area contributed by atoms with Gasteiger partial charge in [0.2, 0.25) is 0 Å². The Kier molecular flexibility index (Phi) is 5.56. The van der Waals surface area contributed by atoms with E-state index in [4.69, 9.17) is 9.64 Å². The standard InChI is InChI=1S/C33H29BNO2/c1-32(2,36)33(3,4)37-34-22-19-17-21(18-20-22)31-30-26-14-8-6-12-24(26)23-11-5-7-13-25(23)29(30)27-15-9-10-16-28(27)35-31/h5-20,36H,1-4H3. The van der Waals surface area contributed by atoms with Crippen LogP contribution >= 0.6 is 0 Å². The van der Waals surface area contributed by atoms with E-state index in [2.05, 4.69) is 78.9 Å². The van der Waals surface area contributed by atoms with Crippen LogP contribution in [0.15, 0.2) is 97.1 Å². The molecule has 6 aromatic rings. The fourth-order valence-corrected chi connectivity index (χ4v) is 4.91. The zero-order chi connectivity index (χ0) is 25.8. The van der Waals surface area contributed by atoms with E-state index in [1.54, 1.807) is 21.3 Å². The number of hydrogen-bond acceptors (Lipinski definition) is 3. The Hall–Kier alpha value is -3.73. The number of aromatic nitrogens is 1. The quantitative estimate of drug-likeness (QED) is 0.209. The number of nitrogens with zero attached hydrogens (tertiary/aromatic N) is 1. The third-order valence-electron chi connectivity index (χ3n) is 7.72. The highest BCUT2D eigenvalue weighted by molar-refractivity contribution is 6.47. The summed E-state index contributed by atoms with van der Waals surface area (Å²) in [5, 5.41) is 18.9. The van der Waals surface area contributed by atoms with Crippen LogP contribution in [0.1, 0.15) is 27.7 Å². The van der Waals surface area contributed by atoms with Crippen LogP contribution in [-0.4, -0.2) is 28.8 Å². The second-order valence-electron chi connectivity index (χ2n) is 10.7. The summed E-state index contributed by atoms with van der Waals surface area (Å²) >= 11 is 0. The number of rotatable bonds is 5. The first-order chi connectivity index (χ1) is 17.7. The highest BCUT2D eigenvalue weighted by Crippen LogP contribution is 2.42. The van der Waals surface area contributed by atoms with Gasteiger partial charge in [0.05, 0.1) is 22.4 Å². The predicted molar refractivity (Wildman–Crippen MR) is 157 cm³/mol. The van der Waals surface area contributed by atoms with Crippen LogP contribution in [0.2, 0.25) is 0 Å². The van der Waals surface area contributed by atoms with Gasteiger partial charge in [-0.15, -0.1) is 0 Å². The second-order valence-corrected chi connectivity index (χ2v) is 10.7. The van der Waals surface area contributed by atoms with Gasteiger partial charge in [-0.3, -0.25) is 0 Å². The van der Waals surface area contributed by atoms with Crippen molar-refractivity contribution >= 4 is 56.2 Å². The van der Waals surface area contributed by atoms with Crippen molar-refractivity contribution in [3.8, 4) is 11.3 Å². The van der Waals surface area contributed by atoms with Gasteiger partial charge < -0.3 is 9.76 Å². The van der Waals surface area contributed by atoms with Gasteiger partial charge in [-0.05, 0) is 55.3 Å². The summed E-state index contributed by atoms with van der Waals surface area (Å²) in [4.78, 5) is 5.20. The Balaban J connectivity index is 1.57. The van der Waals surface area contributed by atoms with E-state index >= 15 is 0 Å². The summed E-state index contributed by atoms with van der Waals surface area (Å²) in [6.07, 6.45) is 0. The van der Waals surface area contributed by atoms with Crippen molar-refractivity contribution in [1.29, 1.82) is 0 Å². The molecule has 5 aromatic carbocycles. The third kappa shape index (κ3) is 3.97. The normalized spacial score (nSPS) is 12.6. The van der Waals surface area contributed by atoms with E-state index in [0.717, 1.165) is 27.6 Å². The van der Waals surface area contributed by atoms with Crippen molar-refractivity contribution in [2.45, 2.75) is 38.9 Å². The maximum Gasteiger partial charge on any atom is 0.330 e. The molecule has 3 nitrogen and oxygen atoms in total. The van der Waals surface area contributed by atoms with Crippen LogP contribution in [0, 0.1) is 0 Å². The molecular formula is C33H29BNO2. The molecule has 0 unspecified atom stereocenters. The van der Waals surface area contributed by atoms with E-state index in [1.165, 1.54) is 32.3 Å². The summed E-state index contributed by atoms with van der Waals surface area (Å²) in [6, 6.07) is 34.0. The van der Waals surface area contributed by atoms with Gasteiger partial charge in [0.25, 0.3) is 0 Å². The third-order valence-corrected chi connectivity index (χ3v) is 7.72. The summed E-state index contributed by atoms with van der Waals surface area (Å²) in [5.41, 5.74) is 2.25. The summed E-state index contributed by atoms with van der Waals surface area (Å²) in [5.74, 6) is 0. The minimum atomic E-state index is -0.971. The average Bonchev–Trinajstić information content (AvgIpc) is 2.91. The lowest BCUT2D eigenvalue weighted by atomic mass is 9.82. The van der Waals surface area contributed by atoms with Crippen LogP contribution in [0.4, 0.5) is 0 Å². The van der Waals surface area contributed by atoms with Crippen molar-refractivity contribution < 1.29 is 9.76 Å². The Morgan fingerprint density at radius 2 is 1.14 bits per heavy atom. The van der Waals surface area contributed by atoms with Gasteiger partial charge in [-0.2, -0.15) is 0 Å². The topological polar surface area (TPSA) is 42.4 Å². The van der Waals surface area contributed by atoms with E-state index in [0.29, 0.717) is 0 Å². The second kappa shape index (κ2) is 8.69. The molecule has 0 spiro atoms. The summed E-state index contributed by atoms with van der Waals surface area (Å²) < 4.78 is 5.97. The minimum Gasteiger partial charge on any atom is -0.427 e. The monoisotopic (exact) mass is 482 g/mol. The Bertz CT molecular complexity index is 1780. The Labute approximate surface area is 218 Å². The van der Waals surface area contributed by atoms with E-state index in [9.17, 15) is 5.11 Å². The summed E-state index contributed by atoms with van der Waals surface area (Å²) in [7, 11) is 1.72. The lowest BCUT2D eigenvalue weighted by Crippen LogP contribution is -2.49. The molecular weight excluding hydrogens is 453 g/mol. The molecule has 0 saturated heterocycles. The first kappa shape index (κ1) is 23.7. The molecule has 1 radical (unpaired) electrons. The van der Waals surface area contributed by atoms with Crippen LogP contribution < -0.4 is 5.46 Å². The van der Waals surface area contributed by atoms with Crippen LogP contribution in [0.25, 0.3) is 54.5 Å². The number of fused-ring (bicyclic) bond motifs is 8. The average molecular weight is 482 g/mol. The van der Waals surface area contributed by atoms with Crippen molar-refractivity contribution in [3.05, 3.63) is 97.1 Å². The molecule has 37 heavy (non-hydrogen) atoms. The van der Waals surface area contributed by atoms with E-state index in [-0.39, 0.29) is 0 Å². The van der Waals surface area contributed by atoms with Crippen LogP contribution in [-0.2, 0) is 4.65 Å². The zero-order valence-electron chi connectivity index (χ0n) is 21.6. The first-order valence-corrected chi connectivity index (χ1v) is 12.7. The van der Waals surface area contributed by atoms with Gasteiger partial charge in [0.15, 0.2) is 0 Å². The van der Waals surface area contributed by atoms with Gasteiger partial charge in [0, 0.05) is 21.7 Å². The number of benzene rings is 5. The SMILES string of the molecule is CC(C)(O)C(C)(C)O[B]c1ccc(-c2nc3ccccc3c3c4ccccc4c4ccccc4c23)cc1. The van der Waals surface area contributed by atoms with Gasteiger partial charge >= 0.3 is 7.48 Å². The van der Waals surface area contributed by atoms with Crippen molar-refractivity contribution in [1.82, 2.24) is 4.98 Å². The lowest BCUT2D eigenvalue weighted by molar-refractivity contribution is -0.0893. The number of para-hydroxylation sites is 1. The molecule has 0 saturated carbocycles. The minimum absolute atomic E-state index is 0.720. The van der Waals surface area contributed by atoms with Crippen molar-refractivity contribution in [3.63, 3.8) is 0 Å². The lowest BCUT2D eigenvalue weighted by Gasteiger charge is -2.37. The molecule has 1 N–H and O–H groups in total. The zero-order valence-corrected chi connectivity index (χ0v) is 21.6. The number of pyridine rings is 1. The van der Waals surface area contributed by atoms with E-state index in [1.807, 2.05) is 32.0 Å². The molecule has 0 aliphatic rings. The fraction of sp³-hybridized carbons (Fsp3) is 0.182. The molecule has 0 fully saturated rings. The van der Waals surface area contributed by atoms with Crippen molar-refractivity contribution in [2.75, 3.05) is 0 Å². The summed E-state index contributed by atoms with van der Waals surface area (Å²) in [6.45, 7) is 7.29. The number of hydrogen-bond donors (Lipinski definition) is 1. The Morgan fingerprint density at radius 1 is 0.622 bits per heavy atom. The predicted octanol–water partition coefficient (Wildman–Crippen LogP) is 7.17. The maximum atomic E-state index is 10.4. The molecule has 181 valence electrons. The smallest absolute Gasteiger partial charge is 0.330 e. The molecule has 4 heteroatoms. The van der Waals surface area contributed by atoms with Crippen LogP contribution in [0.3, 0.4) is 0 Å². The molecule has 1 heterocycles. The highest BCUT2D eigenvalue weighted by Gasteiger charge is 2.35. The molecule has 6 rings (SSSR count). The molecule has 1 aromatic heterocycles. The molecule has 0 atom stereocenters. The fourth-order valence-electron chi connectivity index (χ4n) is 4.91. The van der Waals surface area contributed by atoms with Gasteiger partial charge in [-0.25, -0.2) is 4.98 Å². The van der Waals surface area contributed by atoms with Gasteiger partial charge in [0.1, 0.15) is 0 Å². The maximum absolute atomic E-state index is 10.4. The van der Waals surface area contributed by atoms with E-state index < -0.39 is 11.2 Å².